The Morgan fingerprint density at radius 3 is 2.67 bits per heavy atom. The van der Waals surface area contributed by atoms with Gasteiger partial charge in [0.1, 0.15) is 12.3 Å². The topological polar surface area (TPSA) is 103 Å². The number of nitrogens with one attached hydrogen (secondary N) is 1. The van der Waals surface area contributed by atoms with Crippen LogP contribution in [0.5, 0.6) is 5.75 Å². The summed E-state index contributed by atoms with van der Waals surface area (Å²) in [6.07, 6.45) is 0. The molecular formula is C19H17N3O5. The molecule has 1 aromatic heterocycles. The number of pyridine rings is 1. The van der Waals surface area contributed by atoms with Crippen molar-refractivity contribution < 1.29 is 14.5 Å². The van der Waals surface area contributed by atoms with E-state index in [-0.39, 0.29) is 17.8 Å². The molecule has 0 fully saturated rings. The second-order valence-corrected chi connectivity index (χ2v) is 6.01. The molecule has 8 nitrogen and oxygen atoms in total. The zero-order chi connectivity index (χ0) is 19.6. The van der Waals surface area contributed by atoms with E-state index in [0.717, 1.165) is 5.56 Å². The number of methoxy groups -OCH3 is 1. The van der Waals surface area contributed by atoms with Crippen LogP contribution in [0.3, 0.4) is 0 Å². The van der Waals surface area contributed by atoms with Gasteiger partial charge in [0.25, 0.3) is 11.2 Å². The minimum Gasteiger partial charge on any atom is -0.495 e. The predicted molar refractivity (Wildman–Crippen MR) is 101 cm³/mol. The summed E-state index contributed by atoms with van der Waals surface area (Å²) in [6, 6.07) is 12.3. The van der Waals surface area contributed by atoms with E-state index in [4.69, 9.17) is 4.74 Å². The number of benzene rings is 2. The number of aryl methyl sites for hydroxylation is 1. The average Bonchev–Trinajstić information content (AvgIpc) is 2.63. The Labute approximate surface area is 154 Å². The van der Waals surface area contributed by atoms with Gasteiger partial charge in [-0.3, -0.25) is 24.3 Å². The quantitative estimate of drug-likeness (QED) is 0.552. The van der Waals surface area contributed by atoms with Crippen LogP contribution in [0.25, 0.3) is 10.9 Å². The normalized spacial score (nSPS) is 10.6. The number of fused-ring (bicyclic) bond motifs is 1. The summed E-state index contributed by atoms with van der Waals surface area (Å²) in [6.45, 7) is 1.66. The number of amides is 1. The Kier molecular flexibility index (Phi) is 4.89. The van der Waals surface area contributed by atoms with E-state index >= 15 is 0 Å². The van der Waals surface area contributed by atoms with E-state index in [2.05, 4.69) is 5.32 Å². The lowest BCUT2D eigenvalue weighted by atomic mass is 10.2. The summed E-state index contributed by atoms with van der Waals surface area (Å²) in [7, 11) is 1.50. The summed E-state index contributed by atoms with van der Waals surface area (Å²) in [4.78, 5) is 35.2. The van der Waals surface area contributed by atoms with Gasteiger partial charge in [0.2, 0.25) is 5.91 Å². The summed E-state index contributed by atoms with van der Waals surface area (Å²) in [5.74, 6) is 0.0988. The largest absolute Gasteiger partial charge is 0.495 e. The van der Waals surface area contributed by atoms with E-state index in [1.165, 1.54) is 42.0 Å². The van der Waals surface area contributed by atoms with Crippen molar-refractivity contribution >= 4 is 28.2 Å². The van der Waals surface area contributed by atoms with Gasteiger partial charge in [0, 0.05) is 23.6 Å². The molecule has 0 aliphatic carbocycles. The smallest absolute Gasteiger partial charge is 0.270 e. The van der Waals surface area contributed by atoms with Crippen LogP contribution in [0.4, 0.5) is 11.4 Å². The molecule has 0 unspecified atom stereocenters. The summed E-state index contributed by atoms with van der Waals surface area (Å²) < 4.78 is 6.51. The number of hydrogen-bond acceptors (Lipinski definition) is 5. The van der Waals surface area contributed by atoms with Crippen molar-refractivity contribution in [2.75, 3.05) is 12.4 Å². The molecule has 1 heterocycles. The van der Waals surface area contributed by atoms with Crippen molar-refractivity contribution in [3.05, 3.63) is 74.6 Å². The van der Waals surface area contributed by atoms with Crippen LogP contribution in [0.15, 0.2) is 53.3 Å². The monoisotopic (exact) mass is 367 g/mol. The Bertz CT molecular complexity index is 1100. The minimum atomic E-state index is -0.508. The lowest BCUT2D eigenvalue weighted by Crippen LogP contribution is -2.27. The van der Waals surface area contributed by atoms with Crippen LogP contribution >= 0.6 is 0 Å². The molecule has 0 spiro atoms. The fourth-order valence-electron chi connectivity index (χ4n) is 2.82. The van der Waals surface area contributed by atoms with Gasteiger partial charge in [-0.2, -0.15) is 0 Å². The van der Waals surface area contributed by atoms with E-state index in [1.807, 2.05) is 13.0 Å². The standard InChI is InChI=1S/C19H17N3O5/c1-12-3-7-17(27-2)15(9-12)20-18(23)11-21-16-6-5-14(22(25)26)10-13(16)4-8-19(21)24/h3-10H,11H2,1-2H3,(H,20,23). The van der Waals surface area contributed by atoms with Gasteiger partial charge >= 0.3 is 0 Å². The van der Waals surface area contributed by atoms with Gasteiger partial charge in [-0.15, -0.1) is 0 Å². The lowest BCUT2D eigenvalue weighted by molar-refractivity contribution is -0.384. The summed E-state index contributed by atoms with van der Waals surface area (Å²) in [5.41, 5.74) is 1.44. The molecule has 8 heteroatoms. The average molecular weight is 367 g/mol. The van der Waals surface area contributed by atoms with Crippen LogP contribution < -0.4 is 15.6 Å². The number of hydrogen-bond donors (Lipinski definition) is 1. The molecule has 1 N–H and O–H groups in total. The number of rotatable bonds is 5. The Hall–Kier alpha value is -3.68. The first-order valence-corrected chi connectivity index (χ1v) is 8.11. The van der Waals surface area contributed by atoms with Crippen molar-refractivity contribution in [2.45, 2.75) is 13.5 Å². The Morgan fingerprint density at radius 2 is 1.96 bits per heavy atom. The number of ether oxygens (including phenoxy) is 1. The van der Waals surface area contributed by atoms with Gasteiger partial charge in [-0.05, 0) is 36.8 Å². The highest BCUT2D eigenvalue weighted by molar-refractivity contribution is 5.93. The number of carbonyl (C=O) groups is 1. The van der Waals surface area contributed by atoms with Gasteiger partial charge in [0.05, 0.1) is 23.2 Å². The number of nitro groups is 1. The molecule has 0 atom stereocenters. The van der Waals surface area contributed by atoms with Crippen LogP contribution in [0.2, 0.25) is 0 Å². The molecule has 138 valence electrons. The molecule has 0 saturated heterocycles. The zero-order valence-electron chi connectivity index (χ0n) is 14.8. The minimum absolute atomic E-state index is 0.0818. The summed E-state index contributed by atoms with van der Waals surface area (Å²) in [5, 5.41) is 14.2. The predicted octanol–water partition coefficient (Wildman–Crippen LogP) is 2.87. The molecule has 0 aliphatic rings. The maximum absolute atomic E-state index is 12.5. The zero-order valence-corrected chi connectivity index (χ0v) is 14.8. The first-order valence-electron chi connectivity index (χ1n) is 8.11. The van der Waals surface area contributed by atoms with Crippen molar-refractivity contribution in [1.29, 1.82) is 0 Å². The molecule has 0 bridgehead atoms. The maximum atomic E-state index is 12.5. The second kappa shape index (κ2) is 7.28. The number of non-ortho nitro benzene ring substituents is 1. The highest BCUT2D eigenvalue weighted by Crippen LogP contribution is 2.25. The van der Waals surface area contributed by atoms with Gasteiger partial charge < -0.3 is 10.1 Å². The van der Waals surface area contributed by atoms with Crippen LogP contribution in [-0.2, 0) is 11.3 Å². The van der Waals surface area contributed by atoms with E-state index in [1.54, 1.807) is 12.1 Å². The molecule has 0 radical (unpaired) electrons. The number of anilines is 1. The van der Waals surface area contributed by atoms with Gasteiger partial charge in [-0.1, -0.05) is 6.07 Å². The van der Waals surface area contributed by atoms with Crippen molar-refractivity contribution in [3.8, 4) is 5.75 Å². The third-order valence-corrected chi connectivity index (χ3v) is 4.12. The van der Waals surface area contributed by atoms with Crippen molar-refractivity contribution in [1.82, 2.24) is 4.57 Å². The van der Waals surface area contributed by atoms with E-state index in [0.29, 0.717) is 22.3 Å². The van der Waals surface area contributed by atoms with Crippen molar-refractivity contribution in [2.24, 2.45) is 0 Å². The summed E-state index contributed by atoms with van der Waals surface area (Å²) >= 11 is 0. The first-order chi connectivity index (χ1) is 12.9. The number of carbonyl (C=O) groups excluding carboxylic acids is 1. The van der Waals surface area contributed by atoms with E-state index in [9.17, 15) is 19.7 Å². The number of nitrogens with zero attached hydrogens (tertiary/aromatic N) is 2. The maximum Gasteiger partial charge on any atom is 0.270 e. The van der Waals surface area contributed by atoms with Gasteiger partial charge in [-0.25, -0.2) is 0 Å². The lowest BCUT2D eigenvalue weighted by Gasteiger charge is -2.13. The molecule has 3 rings (SSSR count). The Balaban J connectivity index is 1.93. The highest BCUT2D eigenvalue weighted by atomic mass is 16.6. The Morgan fingerprint density at radius 1 is 1.19 bits per heavy atom. The molecule has 2 aromatic carbocycles. The molecule has 1 amide bonds. The first kappa shape index (κ1) is 18.1. The molecule has 3 aromatic rings. The molecule has 0 saturated carbocycles. The van der Waals surface area contributed by atoms with E-state index < -0.39 is 10.8 Å². The molecule has 27 heavy (non-hydrogen) atoms. The SMILES string of the molecule is COc1ccc(C)cc1NC(=O)Cn1c(=O)ccc2cc([N+](=O)[O-])ccc21. The third kappa shape index (κ3) is 3.79. The third-order valence-electron chi connectivity index (χ3n) is 4.12. The van der Waals surface area contributed by atoms with Crippen LogP contribution in [0.1, 0.15) is 5.56 Å². The van der Waals surface area contributed by atoms with Crippen LogP contribution in [0, 0.1) is 17.0 Å². The molecule has 0 aliphatic heterocycles. The van der Waals surface area contributed by atoms with Gasteiger partial charge in [0.15, 0.2) is 0 Å². The van der Waals surface area contributed by atoms with Crippen molar-refractivity contribution in [3.63, 3.8) is 0 Å². The van der Waals surface area contributed by atoms with Crippen LogP contribution in [-0.4, -0.2) is 22.5 Å². The highest BCUT2D eigenvalue weighted by Gasteiger charge is 2.13. The molecular weight excluding hydrogens is 350 g/mol. The second-order valence-electron chi connectivity index (χ2n) is 6.01. The number of nitro benzene ring substituents is 1. The fourth-order valence-corrected chi connectivity index (χ4v) is 2.82. The fraction of sp³-hybridized carbons (Fsp3) is 0.158. The number of aromatic nitrogens is 1.